The lowest BCUT2D eigenvalue weighted by molar-refractivity contribution is 0.0392. The van der Waals surface area contributed by atoms with Crippen LogP contribution in [0.4, 0.5) is 0 Å². The SMILES string of the molecule is CCNC(=NCc1cccc(OCCN(C)C2CCOCC2)c1)NCc1ccc(C)s1. The predicted octanol–water partition coefficient (Wildman–Crippen LogP) is 3.80. The number of nitrogens with zero attached hydrogens (tertiary/aromatic N) is 2. The average Bonchev–Trinajstić information content (AvgIpc) is 3.21. The number of aryl methyl sites for hydroxylation is 1. The number of thiophene rings is 1. The summed E-state index contributed by atoms with van der Waals surface area (Å²) in [6, 6.07) is 13.2. The molecule has 6 nitrogen and oxygen atoms in total. The van der Waals surface area contributed by atoms with Gasteiger partial charge in [-0.2, -0.15) is 0 Å². The third-order valence-electron chi connectivity index (χ3n) is 5.42. The number of rotatable bonds is 10. The first kappa shape index (κ1) is 23.6. The molecule has 1 aliphatic rings. The molecule has 31 heavy (non-hydrogen) atoms. The highest BCUT2D eigenvalue weighted by atomic mass is 32.1. The van der Waals surface area contributed by atoms with Gasteiger partial charge >= 0.3 is 0 Å². The van der Waals surface area contributed by atoms with Crippen LogP contribution in [0.25, 0.3) is 0 Å². The minimum atomic E-state index is 0.605. The maximum Gasteiger partial charge on any atom is 0.191 e. The van der Waals surface area contributed by atoms with E-state index in [1.54, 1.807) is 0 Å². The molecule has 3 rings (SSSR count). The van der Waals surface area contributed by atoms with E-state index in [0.29, 0.717) is 19.2 Å². The molecular weight excluding hydrogens is 408 g/mol. The summed E-state index contributed by atoms with van der Waals surface area (Å²) < 4.78 is 11.5. The molecule has 1 aliphatic heterocycles. The zero-order valence-corrected chi connectivity index (χ0v) is 19.8. The topological polar surface area (TPSA) is 58.1 Å². The van der Waals surface area contributed by atoms with E-state index in [0.717, 1.165) is 63.0 Å². The highest BCUT2D eigenvalue weighted by Gasteiger charge is 2.17. The molecule has 0 saturated carbocycles. The van der Waals surface area contributed by atoms with Gasteiger partial charge in [0.1, 0.15) is 12.4 Å². The number of hydrogen-bond acceptors (Lipinski definition) is 5. The van der Waals surface area contributed by atoms with Crippen LogP contribution >= 0.6 is 11.3 Å². The molecule has 2 aromatic rings. The van der Waals surface area contributed by atoms with E-state index >= 15 is 0 Å². The number of likely N-dealkylation sites (N-methyl/N-ethyl adjacent to an activating group) is 1. The van der Waals surface area contributed by atoms with Crippen molar-refractivity contribution < 1.29 is 9.47 Å². The first-order valence-corrected chi connectivity index (χ1v) is 12.0. The quantitative estimate of drug-likeness (QED) is 0.431. The van der Waals surface area contributed by atoms with E-state index in [-0.39, 0.29) is 0 Å². The Bertz CT molecular complexity index is 817. The number of benzene rings is 1. The molecule has 0 amide bonds. The number of ether oxygens (including phenoxy) is 2. The fourth-order valence-electron chi connectivity index (χ4n) is 3.61. The van der Waals surface area contributed by atoms with Crippen molar-refractivity contribution in [1.82, 2.24) is 15.5 Å². The lowest BCUT2D eigenvalue weighted by Crippen LogP contribution is -2.38. The maximum absolute atomic E-state index is 6.02. The summed E-state index contributed by atoms with van der Waals surface area (Å²) in [6.45, 7) is 9.79. The second kappa shape index (κ2) is 12.7. The van der Waals surface area contributed by atoms with Crippen molar-refractivity contribution in [3.05, 3.63) is 51.7 Å². The molecule has 0 unspecified atom stereocenters. The fraction of sp³-hybridized carbons (Fsp3) is 0.542. The monoisotopic (exact) mass is 444 g/mol. The summed E-state index contributed by atoms with van der Waals surface area (Å²) in [6.07, 6.45) is 2.22. The van der Waals surface area contributed by atoms with E-state index in [4.69, 9.17) is 14.5 Å². The molecule has 0 radical (unpaired) electrons. The molecule has 2 heterocycles. The van der Waals surface area contributed by atoms with Crippen LogP contribution in [0.2, 0.25) is 0 Å². The summed E-state index contributed by atoms with van der Waals surface area (Å²) in [5.41, 5.74) is 1.14. The Balaban J connectivity index is 1.47. The lowest BCUT2D eigenvalue weighted by atomic mass is 10.1. The summed E-state index contributed by atoms with van der Waals surface area (Å²) in [5, 5.41) is 6.74. The van der Waals surface area contributed by atoms with Gasteiger partial charge in [-0.15, -0.1) is 11.3 Å². The van der Waals surface area contributed by atoms with Crippen LogP contribution in [0.15, 0.2) is 41.4 Å². The molecule has 0 bridgehead atoms. The number of nitrogens with one attached hydrogen (secondary N) is 2. The van der Waals surface area contributed by atoms with Crippen molar-refractivity contribution in [2.45, 2.75) is 45.8 Å². The zero-order valence-electron chi connectivity index (χ0n) is 19.0. The fourth-order valence-corrected chi connectivity index (χ4v) is 4.44. The Hall–Kier alpha value is -2.09. The molecule has 1 fully saturated rings. The number of guanidine groups is 1. The molecular formula is C24H36N4O2S. The van der Waals surface area contributed by atoms with Gasteiger partial charge in [-0.3, -0.25) is 4.90 Å². The Kier molecular flexibility index (Phi) is 9.65. The van der Waals surface area contributed by atoms with Crippen molar-refractivity contribution >= 4 is 17.3 Å². The van der Waals surface area contributed by atoms with Gasteiger partial charge in [-0.1, -0.05) is 12.1 Å². The van der Waals surface area contributed by atoms with Crippen LogP contribution in [0, 0.1) is 6.92 Å². The maximum atomic E-state index is 6.02. The molecule has 170 valence electrons. The summed E-state index contributed by atoms with van der Waals surface area (Å²) in [5.74, 6) is 1.73. The van der Waals surface area contributed by atoms with Crippen LogP contribution in [0.1, 0.15) is 35.1 Å². The molecule has 7 heteroatoms. The minimum Gasteiger partial charge on any atom is -0.492 e. The van der Waals surface area contributed by atoms with Crippen LogP contribution < -0.4 is 15.4 Å². The first-order chi connectivity index (χ1) is 15.1. The van der Waals surface area contributed by atoms with Gasteiger partial charge in [0.15, 0.2) is 5.96 Å². The highest BCUT2D eigenvalue weighted by Crippen LogP contribution is 2.16. The summed E-state index contributed by atoms with van der Waals surface area (Å²) in [7, 11) is 2.18. The van der Waals surface area contributed by atoms with Gasteiger partial charge in [0.05, 0.1) is 13.1 Å². The van der Waals surface area contributed by atoms with Crippen LogP contribution in [0.3, 0.4) is 0 Å². The standard InChI is InChI=1S/C24H36N4O2S/c1-4-25-24(27-18-23-9-8-19(2)31-23)26-17-20-6-5-7-22(16-20)30-15-12-28(3)21-10-13-29-14-11-21/h5-9,16,21H,4,10-15,17-18H2,1-3H3,(H2,25,26,27). The third kappa shape index (κ3) is 8.16. The molecule has 0 aliphatic carbocycles. The van der Waals surface area contributed by atoms with Crippen molar-refractivity contribution in [2.24, 2.45) is 4.99 Å². The summed E-state index contributed by atoms with van der Waals surface area (Å²) in [4.78, 5) is 9.77. The van der Waals surface area contributed by atoms with E-state index in [2.05, 4.69) is 60.7 Å². The molecule has 1 saturated heterocycles. The first-order valence-electron chi connectivity index (χ1n) is 11.2. The molecule has 1 aromatic carbocycles. The normalized spacial score (nSPS) is 15.3. The van der Waals surface area contributed by atoms with E-state index in [1.165, 1.54) is 9.75 Å². The second-order valence-electron chi connectivity index (χ2n) is 7.88. The van der Waals surface area contributed by atoms with Gasteiger partial charge < -0.3 is 20.1 Å². The molecule has 0 atom stereocenters. The zero-order chi connectivity index (χ0) is 21.9. The van der Waals surface area contributed by atoms with Crippen LogP contribution in [-0.4, -0.2) is 56.9 Å². The van der Waals surface area contributed by atoms with Crippen molar-refractivity contribution in [2.75, 3.05) is 40.0 Å². The molecule has 1 aromatic heterocycles. The van der Waals surface area contributed by atoms with E-state index < -0.39 is 0 Å². The van der Waals surface area contributed by atoms with Crippen LogP contribution in [0.5, 0.6) is 5.75 Å². The summed E-state index contributed by atoms with van der Waals surface area (Å²) >= 11 is 1.81. The number of hydrogen-bond donors (Lipinski definition) is 2. The van der Waals surface area contributed by atoms with Gasteiger partial charge in [0, 0.05) is 42.1 Å². The second-order valence-corrected chi connectivity index (χ2v) is 9.25. The van der Waals surface area contributed by atoms with Crippen molar-refractivity contribution in [3.8, 4) is 5.75 Å². The predicted molar refractivity (Wildman–Crippen MR) is 129 cm³/mol. The van der Waals surface area contributed by atoms with Crippen LogP contribution in [-0.2, 0) is 17.8 Å². The smallest absolute Gasteiger partial charge is 0.191 e. The Morgan fingerprint density at radius 1 is 1.23 bits per heavy atom. The average molecular weight is 445 g/mol. The Morgan fingerprint density at radius 3 is 2.81 bits per heavy atom. The van der Waals surface area contributed by atoms with Gasteiger partial charge in [-0.25, -0.2) is 4.99 Å². The third-order valence-corrected chi connectivity index (χ3v) is 6.42. The van der Waals surface area contributed by atoms with Gasteiger partial charge in [0.25, 0.3) is 0 Å². The van der Waals surface area contributed by atoms with E-state index in [9.17, 15) is 0 Å². The molecule has 0 spiro atoms. The molecule has 2 N–H and O–H groups in total. The van der Waals surface area contributed by atoms with Gasteiger partial charge in [-0.05, 0) is 63.6 Å². The largest absolute Gasteiger partial charge is 0.492 e. The number of aliphatic imine (C=N–C) groups is 1. The van der Waals surface area contributed by atoms with Crippen molar-refractivity contribution in [3.63, 3.8) is 0 Å². The van der Waals surface area contributed by atoms with Crippen molar-refractivity contribution in [1.29, 1.82) is 0 Å². The Labute approximate surface area is 190 Å². The Morgan fingerprint density at radius 2 is 2.06 bits per heavy atom. The van der Waals surface area contributed by atoms with Gasteiger partial charge in [0.2, 0.25) is 0 Å². The minimum absolute atomic E-state index is 0.605. The lowest BCUT2D eigenvalue weighted by Gasteiger charge is -2.31. The highest BCUT2D eigenvalue weighted by molar-refractivity contribution is 7.11. The van der Waals surface area contributed by atoms with E-state index in [1.807, 2.05) is 23.5 Å².